The van der Waals surface area contributed by atoms with Gasteiger partial charge in [-0.1, -0.05) is 207 Å². The molecule has 0 aromatic heterocycles. The van der Waals surface area contributed by atoms with Gasteiger partial charge < -0.3 is 14.2 Å². The topological polar surface area (TPSA) is 78.9 Å². The van der Waals surface area contributed by atoms with Gasteiger partial charge >= 0.3 is 17.9 Å². The summed E-state index contributed by atoms with van der Waals surface area (Å²) in [6, 6.07) is 0. The van der Waals surface area contributed by atoms with E-state index in [9.17, 15) is 14.4 Å². The van der Waals surface area contributed by atoms with Crippen LogP contribution < -0.4 is 0 Å². The minimum absolute atomic E-state index is 0.100. The second-order valence-corrected chi connectivity index (χ2v) is 17.7. The van der Waals surface area contributed by atoms with Crippen molar-refractivity contribution in [1.82, 2.24) is 0 Å². The lowest BCUT2D eigenvalue weighted by atomic mass is 10.1. The Bertz CT molecular complexity index is 1390. The molecule has 0 rings (SSSR count). The van der Waals surface area contributed by atoms with Crippen LogP contribution in [0.4, 0.5) is 0 Å². The van der Waals surface area contributed by atoms with E-state index < -0.39 is 6.10 Å². The summed E-state index contributed by atoms with van der Waals surface area (Å²) in [5.41, 5.74) is 0. The normalized spacial score (nSPS) is 12.9. The van der Waals surface area contributed by atoms with Crippen LogP contribution in [0.2, 0.25) is 0 Å². The second-order valence-electron chi connectivity index (χ2n) is 17.7. The fraction of sp³-hybridized carbons (Fsp3) is 0.656. The van der Waals surface area contributed by atoms with E-state index in [1.807, 2.05) is 0 Å². The fourth-order valence-corrected chi connectivity index (χ4v) is 7.10. The van der Waals surface area contributed by atoms with Gasteiger partial charge in [0.1, 0.15) is 13.2 Å². The van der Waals surface area contributed by atoms with Gasteiger partial charge in [-0.15, -0.1) is 0 Å². The van der Waals surface area contributed by atoms with Gasteiger partial charge in [0.15, 0.2) is 6.10 Å². The van der Waals surface area contributed by atoms with Crippen molar-refractivity contribution in [2.24, 2.45) is 0 Å². The third kappa shape index (κ3) is 52.9. The largest absolute Gasteiger partial charge is 0.462 e. The molecule has 0 fully saturated rings. The summed E-state index contributed by atoms with van der Waals surface area (Å²) >= 11 is 0. The van der Waals surface area contributed by atoms with Gasteiger partial charge in [-0.2, -0.15) is 0 Å². The highest BCUT2D eigenvalue weighted by molar-refractivity contribution is 5.71. The first-order chi connectivity index (χ1) is 33.0. The highest BCUT2D eigenvalue weighted by atomic mass is 16.6. The van der Waals surface area contributed by atoms with Crippen LogP contribution in [-0.2, 0) is 28.6 Å². The average Bonchev–Trinajstić information content (AvgIpc) is 3.33. The van der Waals surface area contributed by atoms with E-state index >= 15 is 0 Å². The molecule has 0 spiro atoms. The van der Waals surface area contributed by atoms with Crippen LogP contribution in [-0.4, -0.2) is 37.2 Å². The Morgan fingerprint density at radius 2 is 0.597 bits per heavy atom. The van der Waals surface area contributed by atoms with E-state index in [1.165, 1.54) is 64.2 Å². The predicted molar refractivity (Wildman–Crippen MR) is 288 cm³/mol. The smallest absolute Gasteiger partial charge is 0.306 e. The van der Waals surface area contributed by atoms with Crippen molar-refractivity contribution >= 4 is 17.9 Å². The first kappa shape index (κ1) is 63.1. The molecule has 0 aliphatic carbocycles. The summed E-state index contributed by atoms with van der Waals surface area (Å²) in [4.78, 5) is 38.0. The van der Waals surface area contributed by atoms with Crippen LogP contribution in [0.3, 0.4) is 0 Å². The molecule has 6 heteroatoms. The molecular formula is C61H100O6. The van der Waals surface area contributed by atoms with E-state index in [0.717, 1.165) is 135 Å². The van der Waals surface area contributed by atoms with Crippen LogP contribution in [0.1, 0.15) is 239 Å². The van der Waals surface area contributed by atoms with E-state index in [2.05, 4.69) is 130 Å². The summed E-state index contributed by atoms with van der Waals surface area (Å²) in [5.74, 6) is -0.959. The van der Waals surface area contributed by atoms with Crippen LogP contribution in [0.25, 0.3) is 0 Å². The van der Waals surface area contributed by atoms with E-state index in [1.54, 1.807) is 0 Å². The number of carbonyl (C=O) groups is 3. The molecule has 0 aromatic rings. The number of carbonyl (C=O) groups excluding carboxylic acids is 3. The highest BCUT2D eigenvalue weighted by Crippen LogP contribution is 2.13. The molecule has 0 saturated carbocycles. The summed E-state index contributed by atoms with van der Waals surface area (Å²) in [6.07, 6.45) is 73.6. The van der Waals surface area contributed by atoms with Crippen LogP contribution in [0.5, 0.6) is 0 Å². The number of hydrogen-bond acceptors (Lipinski definition) is 6. The molecule has 6 nitrogen and oxygen atoms in total. The molecule has 0 bridgehead atoms. The van der Waals surface area contributed by atoms with Crippen molar-refractivity contribution in [3.05, 3.63) is 109 Å². The maximum Gasteiger partial charge on any atom is 0.306 e. The molecule has 0 radical (unpaired) electrons. The Kier molecular flexibility index (Phi) is 51.5. The van der Waals surface area contributed by atoms with Gasteiger partial charge in [0.05, 0.1) is 0 Å². The summed E-state index contributed by atoms with van der Waals surface area (Å²) in [6.45, 7) is 6.40. The number of ether oxygens (including phenoxy) is 3. The van der Waals surface area contributed by atoms with Crippen molar-refractivity contribution in [2.75, 3.05) is 13.2 Å². The predicted octanol–water partition coefficient (Wildman–Crippen LogP) is 18.3. The molecule has 1 unspecified atom stereocenters. The van der Waals surface area contributed by atoms with Gasteiger partial charge in [0.25, 0.3) is 0 Å². The summed E-state index contributed by atoms with van der Waals surface area (Å²) in [5, 5.41) is 0. The zero-order valence-corrected chi connectivity index (χ0v) is 43.4. The molecular weight excluding hydrogens is 829 g/mol. The molecule has 67 heavy (non-hydrogen) atoms. The standard InChI is InChI=1S/C61H100O6/c1-4-7-10-13-16-19-22-24-26-28-30-32-34-36-39-42-45-48-51-54-60(63)66-57-58(56-65-59(62)53-50-47-44-41-38-21-18-15-12-9-6-3)67-61(64)55-52-49-46-43-40-37-35-33-31-29-27-25-23-20-17-14-11-8-5-2/h7,10,15-20,24-27,30-33,36,39,58H,4-6,8-9,11-14,21-23,28-29,34-35,37-38,40-57H2,1-3H3/b10-7-,18-15-,19-16-,20-17-,26-24-,27-25-,32-30-,33-31-,39-36-. The SMILES string of the molecule is CC/C=C\C/C=C\C/C=C\C/C=C\C/C=C\CCCCCC(=O)OCC(COC(=O)CCCCCCC/C=C\CCCC)OC(=O)CCCCCCCC/C=C\C/C=C\C/C=C\CCCCC. The van der Waals surface area contributed by atoms with Crippen molar-refractivity contribution in [2.45, 2.75) is 245 Å². The van der Waals surface area contributed by atoms with Crippen molar-refractivity contribution in [3.8, 4) is 0 Å². The molecule has 0 aromatic carbocycles. The average molecular weight is 929 g/mol. The maximum absolute atomic E-state index is 12.8. The van der Waals surface area contributed by atoms with Crippen molar-refractivity contribution < 1.29 is 28.6 Å². The van der Waals surface area contributed by atoms with Gasteiger partial charge in [-0.05, 0) is 122 Å². The first-order valence-corrected chi connectivity index (χ1v) is 27.4. The van der Waals surface area contributed by atoms with Gasteiger partial charge in [0, 0.05) is 19.3 Å². The molecule has 0 amide bonds. The Morgan fingerprint density at radius 1 is 0.313 bits per heavy atom. The Hall–Kier alpha value is -3.93. The monoisotopic (exact) mass is 929 g/mol. The summed E-state index contributed by atoms with van der Waals surface area (Å²) < 4.78 is 16.8. The molecule has 0 heterocycles. The molecule has 1 atom stereocenters. The fourth-order valence-electron chi connectivity index (χ4n) is 7.10. The maximum atomic E-state index is 12.8. The summed E-state index contributed by atoms with van der Waals surface area (Å²) in [7, 11) is 0. The number of allylic oxidation sites excluding steroid dienone is 18. The lowest BCUT2D eigenvalue weighted by molar-refractivity contribution is -0.167. The highest BCUT2D eigenvalue weighted by Gasteiger charge is 2.19. The van der Waals surface area contributed by atoms with E-state index in [0.29, 0.717) is 19.3 Å². The molecule has 0 N–H and O–H groups in total. The Morgan fingerprint density at radius 3 is 0.985 bits per heavy atom. The van der Waals surface area contributed by atoms with E-state index in [4.69, 9.17) is 14.2 Å². The van der Waals surface area contributed by atoms with Crippen molar-refractivity contribution in [3.63, 3.8) is 0 Å². The first-order valence-electron chi connectivity index (χ1n) is 27.4. The Balaban J connectivity index is 4.46. The van der Waals surface area contributed by atoms with Gasteiger partial charge in [-0.25, -0.2) is 0 Å². The number of hydrogen-bond donors (Lipinski definition) is 0. The zero-order chi connectivity index (χ0) is 48.6. The van der Waals surface area contributed by atoms with Crippen molar-refractivity contribution in [1.29, 1.82) is 0 Å². The number of esters is 3. The number of rotatable bonds is 48. The quantitative estimate of drug-likeness (QED) is 0.0262. The third-order valence-electron chi connectivity index (χ3n) is 11.2. The molecule has 0 aliphatic rings. The zero-order valence-electron chi connectivity index (χ0n) is 43.4. The lowest BCUT2D eigenvalue weighted by Crippen LogP contribution is -2.30. The molecule has 0 aliphatic heterocycles. The van der Waals surface area contributed by atoms with Crippen LogP contribution in [0.15, 0.2) is 109 Å². The minimum atomic E-state index is -0.804. The van der Waals surface area contributed by atoms with Crippen LogP contribution >= 0.6 is 0 Å². The number of unbranched alkanes of at least 4 members (excludes halogenated alkanes) is 19. The Labute approximate surface area is 412 Å². The molecule has 380 valence electrons. The van der Waals surface area contributed by atoms with Gasteiger partial charge in [0.2, 0.25) is 0 Å². The lowest BCUT2D eigenvalue weighted by Gasteiger charge is -2.18. The van der Waals surface area contributed by atoms with Gasteiger partial charge in [-0.3, -0.25) is 14.4 Å². The minimum Gasteiger partial charge on any atom is -0.462 e. The third-order valence-corrected chi connectivity index (χ3v) is 11.2. The molecule has 0 saturated heterocycles. The van der Waals surface area contributed by atoms with Crippen LogP contribution in [0, 0.1) is 0 Å². The second kappa shape index (κ2) is 54.7. The van der Waals surface area contributed by atoms with E-state index in [-0.39, 0.29) is 31.1 Å².